The second-order valence-corrected chi connectivity index (χ2v) is 6.94. The average Bonchev–Trinajstić information content (AvgIpc) is 2.47. The molecule has 0 aliphatic heterocycles. The number of carbonyl (C=O) groups is 2. The predicted octanol–water partition coefficient (Wildman–Crippen LogP) is 4.02. The quantitative estimate of drug-likeness (QED) is 0.479. The maximum atomic E-state index is 12.0. The van der Waals surface area contributed by atoms with Gasteiger partial charge in [0, 0.05) is 5.56 Å². The van der Waals surface area contributed by atoms with Gasteiger partial charge in [0.2, 0.25) is 0 Å². The number of carbonyl (C=O) groups excluding carboxylic acids is 2. The number of ether oxygens (including phenoxy) is 1. The third-order valence-electron chi connectivity index (χ3n) is 4.39. The first-order valence-corrected chi connectivity index (χ1v) is 7.68. The van der Waals surface area contributed by atoms with Crippen molar-refractivity contribution in [1.29, 1.82) is 0 Å². The van der Waals surface area contributed by atoms with E-state index in [0.29, 0.717) is 16.9 Å². The van der Waals surface area contributed by atoms with E-state index in [1.165, 1.54) is 0 Å². The Hall–Kier alpha value is -1.64. The highest BCUT2D eigenvalue weighted by Gasteiger charge is 2.32. The monoisotopic (exact) mass is 288 g/mol. The van der Waals surface area contributed by atoms with Gasteiger partial charge in [-0.05, 0) is 37.0 Å². The van der Waals surface area contributed by atoms with Gasteiger partial charge in [-0.25, -0.2) is 4.79 Å². The second-order valence-electron chi connectivity index (χ2n) is 6.94. The van der Waals surface area contributed by atoms with E-state index < -0.39 is 11.8 Å². The number of benzene rings is 1. The normalized spacial score (nSPS) is 22.6. The van der Waals surface area contributed by atoms with E-state index in [4.69, 9.17) is 4.74 Å². The van der Waals surface area contributed by atoms with Gasteiger partial charge >= 0.3 is 5.97 Å². The molecule has 1 aromatic carbocycles. The molecule has 1 fully saturated rings. The van der Waals surface area contributed by atoms with Gasteiger partial charge < -0.3 is 4.74 Å². The van der Waals surface area contributed by atoms with Crippen molar-refractivity contribution in [3.05, 3.63) is 35.9 Å². The Morgan fingerprint density at radius 1 is 1.00 bits per heavy atom. The summed E-state index contributed by atoms with van der Waals surface area (Å²) in [5.41, 5.74) is 0.695. The minimum Gasteiger partial charge on any atom is -0.456 e. The maximum absolute atomic E-state index is 12.0. The molecule has 1 saturated carbocycles. The third kappa shape index (κ3) is 4.16. The molecule has 3 nitrogen and oxygen atoms in total. The van der Waals surface area contributed by atoms with E-state index in [-0.39, 0.29) is 6.10 Å². The lowest BCUT2D eigenvalue weighted by Crippen LogP contribution is -2.32. The molecule has 21 heavy (non-hydrogen) atoms. The number of Topliss-reactive ketones (excluding diaryl/α,β-unsaturated/α-hetero) is 1. The average molecular weight is 288 g/mol. The third-order valence-corrected chi connectivity index (χ3v) is 4.39. The molecular weight excluding hydrogens is 264 g/mol. The van der Waals surface area contributed by atoms with Gasteiger partial charge in [-0.2, -0.15) is 0 Å². The standard InChI is InChI=1S/C18H24O3/c1-18(2,3)14-9-11-15(12-10-14)21-17(20)16(19)13-7-5-4-6-8-13/h4-8,14-15H,9-12H2,1-3H3. The van der Waals surface area contributed by atoms with Crippen LogP contribution in [0.2, 0.25) is 0 Å². The van der Waals surface area contributed by atoms with Crippen LogP contribution < -0.4 is 0 Å². The van der Waals surface area contributed by atoms with Crippen LogP contribution in [0.5, 0.6) is 0 Å². The minimum absolute atomic E-state index is 0.108. The lowest BCUT2D eigenvalue weighted by atomic mass is 9.72. The molecule has 0 saturated heterocycles. The zero-order chi connectivity index (χ0) is 15.5. The molecule has 0 heterocycles. The highest BCUT2D eigenvalue weighted by molar-refractivity contribution is 6.40. The van der Waals surface area contributed by atoms with Crippen molar-refractivity contribution in [2.24, 2.45) is 11.3 Å². The summed E-state index contributed by atoms with van der Waals surface area (Å²) in [7, 11) is 0. The molecule has 0 bridgehead atoms. The van der Waals surface area contributed by atoms with Crippen molar-refractivity contribution in [2.45, 2.75) is 52.6 Å². The Morgan fingerprint density at radius 2 is 1.57 bits per heavy atom. The molecule has 3 heteroatoms. The Bertz CT molecular complexity index is 491. The molecular formula is C18H24O3. The first-order valence-electron chi connectivity index (χ1n) is 7.68. The SMILES string of the molecule is CC(C)(C)C1CCC(OC(=O)C(=O)c2ccccc2)CC1. The molecule has 0 amide bonds. The van der Waals surface area contributed by atoms with Crippen molar-refractivity contribution in [3.63, 3.8) is 0 Å². The van der Waals surface area contributed by atoms with E-state index in [1.54, 1.807) is 24.3 Å². The highest BCUT2D eigenvalue weighted by atomic mass is 16.5. The van der Waals surface area contributed by atoms with Crippen LogP contribution in [0.25, 0.3) is 0 Å². The summed E-state index contributed by atoms with van der Waals surface area (Å²) in [5.74, 6) is -0.605. The Labute approximate surface area is 126 Å². The summed E-state index contributed by atoms with van der Waals surface area (Å²) in [6, 6.07) is 8.58. The van der Waals surface area contributed by atoms with Gasteiger partial charge in [0.15, 0.2) is 0 Å². The van der Waals surface area contributed by atoms with Crippen molar-refractivity contribution in [2.75, 3.05) is 0 Å². The van der Waals surface area contributed by atoms with Crippen molar-refractivity contribution in [3.8, 4) is 0 Å². The topological polar surface area (TPSA) is 43.4 Å². The minimum atomic E-state index is -0.722. The van der Waals surface area contributed by atoms with Gasteiger partial charge in [-0.1, -0.05) is 51.1 Å². The van der Waals surface area contributed by atoms with Crippen molar-refractivity contribution >= 4 is 11.8 Å². The summed E-state index contributed by atoms with van der Waals surface area (Å²) < 4.78 is 5.38. The fourth-order valence-electron chi connectivity index (χ4n) is 2.96. The van der Waals surface area contributed by atoms with Crippen LogP contribution in [0.1, 0.15) is 56.8 Å². The summed E-state index contributed by atoms with van der Waals surface area (Å²) in [4.78, 5) is 23.9. The van der Waals surface area contributed by atoms with Crippen LogP contribution in [0.3, 0.4) is 0 Å². The highest BCUT2D eigenvalue weighted by Crippen LogP contribution is 2.38. The van der Waals surface area contributed by atoms with Gasteiger partial charge in [0.1, 0.15) is 6.10 Å². The molecule has 0 unspecified atom stereocenters. The molecule has 0 aromatic heterocycles. The Morgan fingerprint density at radius 3 is 2.10 bits per heavy atom. The zero-order valence-electron chi connectivity index (χ0n) is 13.1. The molecule has 0 N–H and O–H groups in total. The van der Waals surface area contributed by atoms with E-state index >= 15 is 0 Å². The number of ketones is 1. The fourth-order valence-corrected chi connectivity index (χ4v) is 2.96. The fraction of sp³-hybridized carbons (Fsp3) is 0.556. The Balaban J connectivity index is 1.86. The van der Waals surface area contributed by atoms with E-state index in [0.717, 1.165) is 25.7 Å². The molecule has 0 radical (unpaired) electrons. The van der Waals surface area contributed by atoms with Crippen LogP contribution in [-0.4, -0.2) is 17.9 Å². The number of rotatable bonds is 3. The first kappa shape index (κ1) is 15.7. The summed E-state index contributed by atoms with van der Waals surface area (Å²) >= 11 is 0. The van der Waals surface area contributed by atoms with E-state index in [1.807, 2.05) is 6.07 Å². The van der Waals surface area contributed by atoms with Gasteiger partial charge in [0.25, 0.3) is 5.78 Å². The van der Waals surface area contributed by atoms with Gasteiger partial charge in [-0.15, -0.1) is 0 Å². The van der Waals surface area contributed by atoms with Crippen molar-refractivity contribution in [1.82, 2.24) is 0 Å². The van der Waals surface area contributed by atoms with Crippen molar-refractivity contribution < 1.29 is 14.3 Å². The number of hydrogen-bond donors (Lipinski definition) is 0. The van der Waals surface area contributed by atoms with Crippen LogP contribution in [0, 0.1) is 11.3 Å². The lowest BCUT2D eigenvalue weighted by Gasteiger charge is -2.36. The van der Waals surface area contributed by atoms with E-state index in [9.17, 15) is 9.59 Å². The predicted molar refractivity (Wildman–Crippen MR) is 82.1 cm³/mol. The first-order chi connectivity index (χ1) is 9.88. The molecule has 114 valence electrons. The molecule has 1 aliphatic carbocycles. The van der Waals surface area contributed by atoms with Crippen LogP contribution >= 0.6 is 0 Å². The maximum Gasteiger partial charge on any atom is 0.379 e. The number of hydrogen-bond acceptors (Lipinski definition) is 3. The summed E-state index contributed by atoms with van der Waals surface area (Å²) in [5, 5.41) is 0. The van der Waals surface area contributed by atoms with Gasteiger partial charge in [0.05, 0.1) is 0 Å². The molecule has 1 aromatic rings. The molecule has 0 spiro atoms. The summed E-state index contributed by atoms with van der Waals surface area (Å²) in [6.07, 6.45) is 3.72. The van der Waals surface area contributed by atoms with Crippen LogP contribution in [-0.2, 0) is 9.53 Å². The summed E-state index contributed by atoms with van der Waals surface area (Å²) in [6.45, 7) is 6.76. The molecule has 1 aliphatic rings. The van der Waals surface area contributed by atoms with Crippen LogP contribution in [0.15, 0.2) is 30.3 Å². The lowest BCUT2D eigenvalue weighted by molar-refractivity contribution is -0.145. The smallest absolute Gasteiger partial charge is 0.379 e. The zero-order valence-corrected chi connectivity index (χ0v) is 13.1. The van der Waals surface area contributed by atoms with Gasteiger partial charge in [-0.3, -0.25) is 4.79 Å². The van der Waals surface area contributed by atoms with E-state index in [2.05, 4.69) is 20.8 Å². The molecule has 0 atom stereocenters. The second kappa shape index (κ2) is 6.42. The Kier molecular flexibility index (Phi) is 4.81. The largest absolute Gasteiger partial charge is 0.456 e. The van der Waals surface area contributed by atoms with Crippen LogP contribution in [0.4, 0.5) is 0 Å². The number of esters is 1. The molecule has 2 rings (SSSR count).